The van der Waals surface area contributed by atoms with Crippen molar-refractivity contribution in [1.29, 1.82) is 0 Å². The summed E-state index contributed by atoms with van der Waals surface area (Å²) in [6.45, 7) is 4.41. The van der Waals surface area contributed by atoms with Gasteiger partial charge in [0.2, 0.25) is 0 Å². The lowest BCUT2D eigenvalue weighted by Crippen LogP contribution is -1.89. The Bertz CT molecular complexity index is 408. The summed E-state index contributed by atoms with van der Waals surface area (Å²) in [6.07, 6.45) is 8.47. The van der Waals surface area contributed by atoms with E-state index in [1.54, 1.807) is 0 Å². The summed E-state index contributed by atoms with van der Waals surface area (Å²) in [4.78, 5) is 0. The summed E-state index contributed by atoms with van der Waals surface area (Å²) in [5.74, 6) is 0. The van der Waals surface area contributed by atoms with Crippen LogP contribution in [0.5, 0.6) is 0 Å². The number of rotatable bonds is 1. The number of hydrogen-bond acceptors (Lipinski definition) is 0. The molecule has 0 spiro atoms. The van der Waals surface area contributed by atoms with Gasteiger partial charge >= 0.3 is 0 Å². The smallest absolute Gasteiger partial charge is 0.0155 e. The van der Waals surface area contributed by atoms with Gasteiger partial charge in [0, 0.05) is 0 Å². The number of benzene rings is 1. The van der Waals surface area contributed by atoms with Crippen LogP contribution in [-0.2, 0) is 0 Å². The third-order valence-electron chi connectivity index (χ3n) is 3.07. The lowest BCUT2D eigenvalue weighted by molar-refractivity contribution is 0.874. The minimum absolute atomic E-state index is 1.21. The molecule has 1 aromatic carbocycles. The molecule has 0 bridgehead atoms. The Labute approximate surface area is 92.3 Å². The van der Waals surface area contributed by atoms with Crippen LogP contribution in [0.25, 0.3) is 5.57 Å². The van der Waals surface area contributed by atoms with Crippen LogP contribution in [0.4, 0.5) is 0 Å². The second-order valence-electron chi connectivity index (χ2n) is 4.25. The zero-order valence-corrected chi connectivity index (χ0v) is 9.59. The first kappa shape index (κ1) is 10.2. The van der Waals surface area contributed by atoms with E-state index in [0.717, 1.165) is 0 Å². The molecule has 1 aromatic rings. The van der Waals surface area contributed by atoms with Gasteiger partial charge in [0.1, 0.15) is 0 Å². The fraction of sp³-hybridized carbons (Fsp3) is 0.333. The van der Waals surface area contributed by atoms with Crippen molar-refractivity contribution in [3.05, 3.63) is 53.1 Å². The Balaban J connectivity index is 2.45. The van der Waals surface area contributed by atoms with Crippen LogP contribution in [0, 0.1) is 6.92 Å². The number of aryl methyl sites for hydroxylation is 1. The van der Waals surface area contributed by atoms with Crippen molar-refractivity contribution in [2.24, 2.45) is 0 Å². The van der Waals surface area contributed by atoms with Gasteiger partial charge in [0.15, 0.2) is 0 Å². The van der Waals surface area contributed by atoms with Crippen molar-refractivity contribution in [2.45, 2.75) is 33.1 Å². The molecule has 0 fully saturated rings. The molecule has 0 aromatic heterocycles. The standard InChI is InChI=1S/C15H18/c1-12-8-4-3-5-10-14(12)15-11-7-6-9-13(15)2/h6-11H,3-5H2,1-2H3. The normalized spacial score (nSPS) is 16.7. The van der Waals surface area contributed by atoms with Crippen molar-refractivity contribution < 1.29 is 0 Å². The fourth-order valence-electron chi connectivity index (χ4n) is 2.15. The van der Waals surface area contributed by atoms with E-state index >= 15 is 0 Å². The van der Waals surface area contributed by atoms with Gasteiger partial charge < -0.3 is 0 Å². The second-order valence-corrected chi connectivity index (χ2v) is 4.25. The van der Waals surface area contributed by atoms with Gasteiger partial charge in [-0.15, -0.1) is 0 Å². The molecule has 0 amide bonds. The monoisotopic (exact) mass is 198 g/mol. The molecular formula is C15H18. The third kappa shape index (κ3) is 2.20. The molecule has 0 aliphatic heterocycles. The zero-order chi connectivity index (χ0) is 10.7. The highest BCUT2D eigenvalue weighted by molar-refractivity contribution is 5.80. The summed E-state index contributed by atoms with van der Waals surface area (Å²) < 4.78 is 0. The Morgan fingerprint density at radius 2 is 1.67 bits per heavy atom. The topological polar surface area (TPSA) is 0 Å². The molecule has 0 heterocycles. The average Bonchev–Trinajstić information content (AvgIpc) is 2.44. The predicted octanol–water partition coefficient (Wildman–Crippen LogP) is 4.51. The molecule has 0 radical (unpaired) electrons. The SMILES string of the molecule is CC1=CCCCC=C1c1ccccc1C. The largest absolute Gasteiger partial charge is 0.0810 e. The van der Waals surface area contributed by atoms with Gasteiger partial charge in [-0.25, -0.2) is 0 Å². The molecule has 0 heteroatoms. The molecule has 0 saturated heterocycles. The van der Waals surface area contributed by atoms with Crippen LogP contribution < -0.4 is 0 Å². The highest BCUT2D eigenvalue weighted by atomic mass is 14.1. The van der Waals surface area contributed by atoms with Crippen LogP contribution in [-0.4, -0.2) is 0 Å². The highest BCUT2D eigenvalue weighted by Gasteiger charge is 2.07. The van der Waals surface area contributed by atoms with Crippen molar-refractivity contribution >= 4 is 5.57 Å². The summed E-state index contributed by atoms with van der Waals surface area (Å²) >= 11 is 0. The first-order chi connectivity index (χ1) is 7.29. The Kier molecular flexibility index (Phi) is 3.05. The summed E-state index contributed by atoms with van der Waals surface area (Å²) in [5.41, 5.74) is 5.64. The van der Waals surface area contributed by atoms with Crippen LogP contribution >= 0.6 is 0 Å². The van der Waals surface area contributed by atoms with E-state index in [1.165, 1.54) is 41.5 Å². The van der Waals surface area contributed by atoms with Gasteiger partial charge in [-0.1, -0.05) is 36.4 Å². The minimum Gasteiger partial charge on any atom is -0.0810 e. The van der Waals surface area contributed by atoms with Crippen LogP contribution in [0.1, 0.15) is 37.3 Å². The maximum absolute atomic E-state index is 2.39. The Hall–Kier alpha value is -1.30. The summed E-state index contributed by atoms with van der Waals surface area (Å²) in [6, 6.07) is 8.65. The lowest BCUT2D eigenvalue weighted by atomic mass is 9.95. The van der Waals surface area contributed by atoms with Gasteiger partial charge in [-0.05, 0) is 55.4 Å². The molecule has 1 aliphatic rings. The number of hydrogen-bond donors (Lipinski definition) is 0. The van der Waals surface area contributed by atoms with Gasteiger partial charge in [0.25, 0.3) is 0 Å². The molecule has 0 saturated carbocycles. The molecule has 0 unspecified atom stereocenters. The maximum Gasteiger partial charge on any atom is -0.0155 e. The van der Waals surface area contributed by atoms with Crippen LogP contribution in [0.2, 0.25) is 0 Å². The number of allylic oxidation sites excluding steroid dienone is 4. The molecule has 78 valence electrons. The molecule has 0 atom stereocenters. The van der Waals surface area contributed by atoms with Crippen molar-refractivity contribution in [3.8, 4) is 0 Å². The first-order valence-electron chi connectivity index (χ1n) is 5.72. The first-order valence-corrected chi connectivity index (χ1v) is 5.72. The van der Waals surface area contributed by atoms with E-state index < -0.39 is 0 Å². The summed E-state index contributed by atoms with van der Waals surface area (Å²) in [5, 5.41) is 0. The minimum atomic E-state index is 1.21. The van der Waals surface area contributed by atoms with Gasteiger partial charge in [-0.2, -0.15) is 0 Å². The molecule has 1 aliphatic carbocycles. The Morgan fingerprint density at radius 1 is 0.933 bits per heavy atom. The zero-order valence-electron chi connectivity index (χ0n) is 9.59. The van der Waals surface area contributed by atoms with Gasteiger partial charge in [0.05, 0.1) is 0 Å². The average molecular weight is 198 g/mol. The van der Waals surface area contributed by atoms with E-state index in [9.17, 15) is 0 Å². The molecule has 2 rings (SSSR count). The van der Waals surface area contributed by atoms with E-state index in [4.69, 9.17) is 0 Å². The molecular weight excluding hydrogens is 180 g/mol. The fourth-order valence-corrected chi connectivity index (χ4v) is 2.15. The Morgan fingerprint density at radius 3 is 2.47 bits per heavy atom. The summed E-state index contributed by atoms with van der Waals surface area (Å²) in [7, 11) is 0. The van der Waals surface area contributed by atoms with Crippen molar-refractivity contribution in [3.63, 3.8) is 0 Å². The van der Waals surface area contributed by atoms with E-state index in [-0.39, 0.29) is 0 Å². The second kappa shape index (κ2) is 4.48. The molecule has 0 N–H and O–H groups in total. The third-order valence-corrected chi connectivity index (χ3v) is 3.07. The van der Waals surface area contributed by atoms with Crippen LogP contribution in [0.15, 0.2) is 42.0 Å². The van der Waals surface area contributed by atoms with Crippen LogP contribution in [0.3, 0.4) is 0 Å². The van der Waals surface area contributed by atoms with E-state index in [1.807, 2.05) is 0 Å². The highest BCUT2D eigenvalue weighted by Crippen LogP contribution is 2.28. The van der Waals surface area contributed by atoms with Crippen molar-refractivity contribution in [2.75, 3.05) is 0 Å². The van der Waals surface area contributed by atoms with Crippen molar-refractivity contribution in [1.82, 2.24) is 0 Å². The van der Waals surface area contributed by atoms with Gasteiger partial charge in [-0.3, -0.25) is 0 Å². The van der Waals surface area contributed by atoms with E-state index in [2.05, 4.69) is 50.3 Å². The van der Waals surface area contributed by atoms with E-state index in [0.29, 0.717) is 0 Å². The predicted molar refractivity (Wildman–Crippen MR) is 66.8 cm³/mol. The molecule has 0 nitrogen and oxygen atoms in total. The maximum atomic E-state index is 2.39. The lowest BCUT2D eigenvalue weighted by Gasteiger charge is -2.10. The quantitative estimate of drug-likeness (QED) is 0.623. The molecule has 15 heavy (non-hydrogen) atoms.